The number of rotatable bonds is 4. The lowest BCUT2D eigenvalue weighted by Crippen LogP contribution is -2.42. The molecule has 0 nitrogen and oxygen atoms in total. The second-order valence-electron chi connectivity index (χ2n) is 12.7. The van der Waals surface area contributed by atoms with Crippen molar-refractivity contribution in [3.8, 4) is 0 Å². The van der Waals surface area contributed by atoms with Gasteiger partial charge in [-0.15, -0.1) is 0 Å². The lowest BCUT2D eigenvalue weighted by molar-refractivity contribution is -0.00700. The van der Waals surface area contributed by atoms with Crippen molar-refractivity contribution >= 4 is 0 Å². The molecule has 0 aliphatic heterocycles. The van der Waals surface area contributed by atoms with Crippen LogP contribution in [0.4, 0.5) is 0 Å². The molecule has 154 valence electrons. The van der Waals surface area contributed by atoms with Crippen LogP contribution >= 0.6 is 0 Å². The quantitative estimate of drug-likeness (QED) is 0.470. The third kappa shape index (κ3) is 2.17. The zero-order valence-electron chi connectivity index (χ0n) is 19.2. The molecule has 0 aromatic carbocycles. The summed E-state index contributed by atoms with van der Waals surface area (Å²) in [4.78, 5) is 0. The number of fused-ring (bicyclic) bond motifs is 9. The molecule has 0 saturated heterocycles. The summed E-state index contributed by atoms with van der Waals surface area (Å²) in [6, 6.07) is 0. The predicted molar refractivity (Wildman–Crippen MR) is 115 cm³/mol. The maximum atomic E-state index is 2.80. The molecule has 0 aromatic rings. The highest BCUT2D eigenvalue weighted by Gasteiger charge is 2.73. The lowest BCUT2D eigenvalue weighted by Gasteiger charge is -2.49. The Morgan fingerprint density at radius 1 is 0.667 bits per heavy atom. The summed E-state index contributed by atoms with van der Waals surface area (Å²) in [5, 5.41) is 0. The van der Waals surface area contributed by atoms with Crippen LogP contribution in [0.25, 0.3) is 0 Å². The molecule has 0 heterocycles. The molecule has 5 aliphatic carbocycles. The van der Waals surface area contributed by atoms with Crippen LogP contribution in [0.15, 0.2) is 0 Å². The Kier molecular flexibility index (Phi) is 4.23. The summed E-state index contributed by atoms with van der Waals surface area (Å²) >= 11 is 0. The highest BCUT2D eigenvalue weighted by Crippen LogP contribution is 2.80. The van der Waals surface area contributed by atoms with E-state index < -0.39 is 0 Å². The van der Waals surface area contributed by atoms with Gasteiger partial charge < -0.3 is 0 Å². The van der Waals surface area contributed by atoms with Gasteiger partial charge in [-0.2, -0.15) is 0 Å². The van der Waals surface area contributed by atoms with Crippen molar-refractivity contribution < 1.29 is 0 Å². The zero-order valence-corrected chi connectivity index (χ0v) is 19.2. The second kappa shape index (κ2) is 6.01. The Bertz CT molecular complexity index is 593. The van der Waals surface area contributed by atoms with Crippen LogP contribution in [0.5, 0.6) is 0 Å². The average Bonchev–Trinajstić information content (AvgIpc) is 3.37. The van der Waals surface area contributed by atoms with Gasteiger partial charge in [0.1, 0.15) is 0 Å². The van der Waals surface area contributed by atoms with E-state index in [2.05, 4.69) is 41.5 Å². The van der Waals surface area contributed by atoms with Crippen LogP contribution in [-0.2, 0) is 0 Å². The zero-order chi connectivity index (χ0) is 19.2. The molecule has 5 rings (SSSR count). The van der Waals surface area contributed by atoms with Crippen LogP contribution in [0.3, 0.4) is 0 Å². The maximum absolute atomic E-state index is 2.80. The molecule has 5 saturated carbocycles. The molecule has 0 N–H and O–H groups in total. The first kappa shape index (κ1) is 19.0. The Morgan fingerprint density at radius 2 is 1.30 bits per heavy atom. The van der Waals surface area contributed by atoms with Crippen LogP contribution in [-0.4, -0.2) is 0 Å². The van der Waals surface area contributed by atoms with Crippen molar-refractivity contribution in [1.82, 2.24) is 0 Å². The topological polar surface area (TPSA) is 0 Å². The Morgan fingerprint density at radius 3 is 1.89 bits per heavy atom. The summed E-state index contributed by atoms with van der Waals surface area (Å²) in [5.41, 5.74) is 1.99. The fraction of sp³-hybridized carbons (Fsp3) is 1.00. The van der Waals surface area contributed by atoms with Crippen molar-refractivity contribution in [3.63, 3.8) is 0 Å². The van der Waals surface area contributed by atoms with Crippen molar-refractivity contribution in [3.05, 3.63) is 0 Å². The van der Waals surface area contributed by atoms with Gasteiger partial charge in [-0.3, -0.25) is 0 Å². The first-order valence-corrected chi connectivity index (χ1v) is 12.8. The fourth-order valence-corrected chi connectivity index (χ4v) is 11.3. The molecule has 0 heteroatoms. The molecule has 4 bridgehead atoms. The van der Waals surface area contributed by atoms with Gasteiger partial charge in [-0.25, -0.2) is 0 Å². The molecule has 0 aromatic heterocycles. The summed E-state index contributed by atoms with van der Waals surface area (Å²) in [6.45, 7) is 15.9. The third-order valence-electron chi connectivity index (χ3n) is 12.3. The highest BCUT2D eigenvalue weighted by molar-refractivity contribution is 5.21. The number of hydrogen-bond acceptors (Lipinski definition) is 0. The van der Waals surface area contributed by atoms with Crippen molar-refractivity contribution in [2.75, 3.05) is 0 Å². The summed E-state index contributed by atoms with van der Waals surface area (Å²) in [7, 11) is 0. The SMILES string of the molecule is CCC1CCC(C)(C2CC(CC)C3C2C2(C)CC3(C)C3CCC2C3)C1CC. The number of hydrogen-bond donors (Lipinski definition) is 0. The van der Waals surface area contributed by atoms with Crippen molar-refractivity contribution in [1.29, 1.82) is 0 Å². The Labute approximate surface area is 169 Å². The van der Waals surface area contributed by atoms with E-state index in [0.29, 0.717) is 16.2 Å². The van der Waals surface area contributed by atoms with E-state index in [-0.39, 0.29) is 0 Å². The van der Waals surface area contributed by atoms with Gasteiger partial charge in [0.15, 0.2) is 0 Å². The van der Waals surface area contributed by atoms with Gasteiger partial charge in [0.2, 0.25) is 0 Å². The third-order valence-corrected chi connectivity index (χ3v) is 12.3. The van der Waals surface area contributed by atoms with Gasteiger partial charge in [0, 0.05) is 0 Å². The molecule has 11 unspecified atom stereocenters. The molecule has 27 heavy (non-hydrogen) atoms. The highest BCUT2D eigenvalue weighted by atomic mass is 14.8. The van der Waals surface area contributed by atoms with E-state index in [1.807, 2.05) is 0 Å². The molecule has 0 radical (unpaired) electrons. The monoisotopic (exact) mass is 370 g/mol. The first-order valence-electron chi connectivity index (χ1n) is 12.8. The second-order valence-corrected chi connectivity index (χ2v) is 12.7. The maximum Gasteiger partial charge on any atom is -0.0258 e. The van der Waals surface area contributed by atoms with Crippen molar-refractivity contribution in [2.45, 2.75) is 106 Å². The molecule has 0 spiro atoms. The van der Waals surface area contributed by atoms with Gasteiger partial charge in [0.25, 0.3) is 0 Å². The van der Waals surface area contributed by atoms with Gasteiger partial charge in [-0.05, 0) is 109 Å². The molecule has 5 aliphatic rings. The minimum Gasteiger partial charge on any atom is -0.0651 e. The van der Waals surface area contributed by atoms with Crippen LogP contribution in [0, 0.1) is 63.6 Å². The van der Waals surface area contributed by atoms with Crippen LogP contribution in [0.2, 0.25) is 0 Å². The Balaban J connectivity index is 1.58. The van der Waals surface area contributed by atoms with Gasteiger partial charge >= 0.3 is 0 Å². The minimum absolute atomic E-state index is 0.637. The van der Waals surface area contributed by atoms with Gasteiger partial charge in [-0.1, -0.05) is 60.8 Å². The smallest absolute Gasteiger partial charge is 0.0258 e. The van der Waals surface area contributed by atoms with E-state index in [0.717, 1.165) is 47.3 Å². The summed E-state index contributed by atoms with van der Waals surface area (Å²) in [6.07, 6.45) is 15.3. The van der Waals surface area contributed by atoms with E-state index in [1.54, 1.807) is 32.1 Å². The normalized spacial score (nSPS) is 61.6. The van der Waals surface area contributed by atoms with Crippen molar-refractivity contribution in [2.24, 2.45) is 63.6 Å². The van der Waals surface area contributed by atoms with Crippen LogP contribution in [0.1, 0.15) is 106 Å². The minimum atomic E-state index is 0.637. The standard InChI is InChI=1S/C27H46/c1-7-17-12-13-25(4,21(17)9-3)22-14-18(8-2)23-24(22)27(6)16-26(23,5)19-10-11-20(27)15-19/h17-24H,7-16H2,1-6H3. The Hall–Kier alpha value is 0. The first-order chi connectivity index (χ1) is 12.8. The van der Waals surface area contributed by atoms with E-state index in [4.69, 9.17) is 0 Å². The fourth-order valence-electron chi connectivity index (χ4n) is 11.3. The van der Waals surface area contributed by atoms with E-state index in [9.17, 15) is 0 Å². The molecule has 5 fully saturated rings. The van der Waals surface area contributed by atoms with E-state index in [1.165, 1.54) is 32.1 Å². The average molecular weight is 371 g/mol. The lowest BCUT2D eigenvalue weighted by atomic mass is 9.56. The summed E-state index contributed by atoms with van der Waals surface area (Å²) < 4.78 is 0. The van der Waals surface area contributed by atoms with Gasteiger partial charge in [0.05, 0.1) is 0 Å². The molecule has 11 atom stereocenters. The molecule has 0 amide bonds. The largest absolute Gasteiger partial charge is 0.0651 e. The molecular weight excluding hydrogens is 324 g/mol. The predicted octanol–water partition coefficient (Wildman–Crippen LogP) is 7.96. The van der Waals surface area contributed by atoms with E-state index >= 15 is 0 Å². The molecular formula is C27H46. The van der Waals surface area contributed by atoms with Crippen LogP contribution < -0.4 is 0 Å². The summed E-state index contributed by atoms with van der Waals surface area (Å²) in [5.74, 6) is 8.31.